The molecule has 0 radical (unpaired) electrons. The molecule has 126 valence electrons. The molecule has 0 aliphatic carbocycles. The zero-order chi connectivity index (χ0) is 17.2. The standard InChI is InChI=1S/C16H20O7/c1-4-14(17)22-7-5-6-8-23-15-12(20-2)9-11(16(18)19)10-13(15)21-3/h4,9-10H,1,5-8H2,2-3H3,(H,18,19). The lowest BCUT2D eigenvalue weighted by Crippen LogP contribution is -2.06. The Balaban J connectivity index is 2.63. The molecule has 0 spiro atoms. The largest absolute Gasteiger partial charge is 0.493 e. The van der Waals surface area contributed by atoms with Crippen LogP contribution in [-0.4, -0.2) is 44.5 Å². The molecule has 0 aromatic heterocycles. The Bertz CT molecular complexity index is 541. The van der Waals surface area contributed by atoms with Crippen molar-refractivity contribution in [2.75, 3.05) is 27.4 Å². The number of unbranched alkanes of at least 4 members (excludes halogenated alkanes) is 1. The van der Waals surface area contributed by atoms with E-state index in [1.807, 2.05) is 0 Å². The van der Waals surface area contributed by atoms with Crippen LogP contribution in [-0.2, 0) is 9.53 Å². The van der Waals surface area contributed by atoms with Crippen molar-refractivity contribution in [2.24, 2.45) is 0 Å². The maximum absolute atomic E-state index is 11.1. The minimum atomic E-state index is -1.09. The second kappa shape index (κ2) is 9.34. The fourth-order valence-corrected chi connectivity index (χ4v) is 1.76. The summed E-state index contributed by atoms with van der Waals surface area (Å²) in [5.74, 6) is -0.654. The summed E-state index contributed by atoms with van der Waals surface area (Å²) in [6, 6.07) is 2.73. The lowest BCUT2D eigenvalue weighted by atomic mass is 10.2. The summed E-state index contributed by atoms with van der Waals surface area (Å²) in [6.45, 7) is 3.92. The minimum absolute atomic E-state index is 0.0439. The molecule has 0 heterocycles. The summed E-state index contributed by atoms with van der Waals surface area (Å²) >= 11 is 0. The third kappa shape index (κ3) is 5.54. The Morgan fingerprint density at radius 2 is 1.70 bits per heavy atom. The fourth-order valence-electron chi connectivity index (χ4n) is 1.76. The first-order valence-corrected chi connectivity index (χ1v) is 6.94. The van der Waals surface area contributed by atoms with E-state index in [0.29, 0.717) is 25.2 Å². The molecule has 0 atom stereocenters. The molecule has 1 aromatic carbocycles. The van der Waals surface area contributed by atoms with E-state index in [1.165, 1.54) is 26.4 Å². The van der Waals surface area contributed by atoms with Crippen LogP contribution in [0.1, 0.15) is 23.2 Å². The number of carbonyl (C=O) groups is 2. The fraction of sp³-hybridized carbons (Fsp3) is 0.375. The van der Waals surface area contributed by atoms with Gasteiger partial charge in [0.05, 0.1) is 33.0 Å². The van der Waals surface area contributed by atoms with Crippen molar-refractivity contribution < 1.29 is 33.6 Å². The Morgan fingerprint density at radius 1 is 1.13 bits per heavy atom. The first-order chi connectivity index (χ1) is 11.0. The molecular weight excluding hydrogens is 304 g/mol. The number of hydrogen-bond acceptors (Lipinski definition) is 6. The quantitative estimate of drug-likeness (QED) is 0.401. The van der Waals surface area contributed by atoms with E-state index < -0.39 is 11.9 Å². The van der Waals surface area contributed by atoms with E-state index in [9.17, 15) is 9.59 Å². The molecule has 0 fully saturated rings. The number of carboxylic acid groups (broad SMARTS) is 1. The smallest absolute Gasteiger partial charge is 0.335 e. The highest BCUT2D eigenvalue weighted by Gasteiger charge is 2.17. The molecular formula is C16H20O7. The van der Waals surface area contributed by atoms with Crippen molar-refractivity contribution >= 4 is 11.9 Å². The Labute approximate surface area is 134 Å². The van der Waals surface area contributed by atoms with Gasteiger partial charge in [-0.25, -0.2) is 9.59 Å². The van der Waals surface area contributed by atoms with Crippen LogP contribution < -0.4 is 14.2 Å². The highest BCUT2D eigenvalue weighted by molar-refractivity contribution is 5.89. The van der Waals surface area contributed by atoms with Crippen molar-refractivity contribution in [1.29, 1.82) is 0 Å². The second-order valence-electron chi connectivity index (χ2n) is 4.44. The molecule has 0 aliphatic rings. The third-order valence-corrected chi connectivity index (χ3v) is 2.90. The van der Waals surface area contributed by atoms with E-state index >= 15 is 0 Å². The monoisotopic (exact) mass is 324 g/mol. The molecule has 7 heteroatoms. The van der Waals surface area contributed by atoms with E-state index in [0.717, 1.165) is 6.08 Å². The minimum Gasteiger partial charge on any atom is -0.493 e. The van der Waals surface area contributed by atoms with Crippen LogP contribution in [0, 0.1) is 0 Å². The van der Waals surface area contributed by atoms with Gasteiger partial charge in [0, 0.05) is 6.08 Å². The summed E-state index contributed by atoms with van der Waals surface area (Å²) in [5, 5.41) is 9.05. The van der Waals surface area contributed by atoms with Gasteiger partial charge in [0.25, 0.3) is 0 Å². The van der Waals surface area contributed by atoms with E-state index in [-0.39, 0.29) is 23.7 Å². The predicted molar refractivity (Wildman–Crippen MR) is 82.4 cm³/mol. The number of aromatic carboxylic acids is 1. The van der Waals surface area contributed by atoms with Crippen LogP contribution in [0.25, 0.3) is 0 Å². The molecule has 1 rings (SSSR count). The summed E-state index contributed by atoms with van der Waals surface area (Å²) in [7, 11) is 2.84. The molecule has 0 saturated heterocycles. The van der Waals surface area contributed by atoms with E-state index in [1.54, 1.807) is 0 Å². The average molecular weight is 324 g/mol. The molecule has 23 heavy (non-hydrogen) atoms. The third-order valence-electron chi connectivity index (χ3n) is 2.90. The first-order valence-electron chi connectivity index (χ1n) is 6.94. The summed E-state index contributed by atoms with van der Waals surface area (Å²) in [6.07, 6.45) is 2.37. The van der Waals surface area contributed by atoms with Crippen LogP contribution in [0.2, 0.25) is 0 Å². The average Bonchev–Trinajstić information content (AvgIpc) is 2.56. The summed E-state index contributed by atoms with van der Waals surface area (Å²) in [4.78, 5) is 21.9. The van der Waals surface area contributed by atoms with Crippen LogP contribution >= 0.6 is 0 Å². The predicted octanol–water partition coefficient (Wildman–Crippen LogP) is 2.29. The zero-order valence-electron chi connectivity index (χ0n) is 13.2. The molecule has 0 amide bonds. The van der Waals surface area contributed by atoms with Crippen LogP contribution in [0.5, 0.6) is 17.2 Å². The topological polar surface area (TPSA) is 91.3 Å². The summed E-state index contributed by atoms with van der Waals surface area (Å²) < 4.78 is 20.8. The molecule has 1 aromatic rings. The van der Waals surface area contributed by atoms with E-state index in [4.69, 9.17) is 24.1 Å². The second-order valence-corrected chi connectivity index (χ2v) is 4.44. The lowest BCUT2D eigenvalue weighted by molar-refractivity contribution is -0.137. The molecule has 0 unspecified atom stereocenters. The number of carboxylic acids is 1. The van der Waals surface area contributed by atoms with Gasteiger partial charge in [0.1, 0.15) is 0 Å². The van der Waals surface area contributed by atoms with Gasteiger partial charge in [-0.3, -0.25) is 0 Å². The Kier molecular flexibility index (Phi) is 7.45. The van der Waals surface area contributed by atoms with Crippen molar-refractivity contribution in [2.45, 2.75) is 12.8 Å². The number of hydrogen-bond donors (Lipinski definition) is 1. The number of methoxy groups -OCH3 is 2. The Hall–Kier alpha value is -2.70. The van der Waals surface area contributed by atoms with Gasteiger partial charge in [-0.2, -0.15) is 0 Å². The van der Waals surface area contributed by atoms with Gasteiger partial charge in [0.15, 0.2) is 11.5 Å². The van der Waals surface area contributed by atoms with Crippen LogP contribution in [0.4, 0.5) is 0 Å². The number of benzene rings is 1. The first kappa shape index (κ1) is 18.3. The lowest BCUT2D eigenvalue weighted by Gasteiger charge is -2.15. The molecule has 0 bridgehead atoms. The Morgan fingerprint density at radius 3 is 2.17 bits per heavy atom. The normalized spacial score (nSPS) is 9.83. The van der Waals surface area contributed by atoms with Crippen molar-refractivity contribution in [3.05, 3.63) is 30.4 Å². The van der Waals surface area contributed by atoms with Gasteiger partial charge in [-0.05, 0) is 25.0 Å². The van der Waals surface area contributed by atoms with Gasteiger partial charge in [-0.15, -0.1) is 0 Å². The zero-order valence-corrected chi connectivity index (χ0v) is 13.2. The van der Waals surface area contributed by atoms with Crippen molar-refractivity contribution in [3.8, 4) is 17.2 Å². The SMILES string of the molecule is C=CC(=O)OCCCCOc1c(OC)cc(C(=O)O)cc1OC. The molecule has 0 aliphatic heterocycles. The van der Waals surface area contributed by atoms with Gasteiger partial charge in [-0.1, -0.05) is 6.58 Å². The summed E-state index contributed by atoms with van der Waals surface area (Å²) in [5.41, 5.74) is 0.0439. The number of carbonyl (C=O) groups excluding carboxylic acids is 1. The molecule has 1 N–H and O–H groups in total. The van der Waals surface area contributed by atoms with Gasteiger partial charge >= 0.3 is 11.9 Å². The maximum Gasteiger partial charge on any atom is 0.335 e. The van der Waals surface area contributed by atoms with Crippen LogP contribution in [0.3, 0.4) is 0 Å². The van der Waals surface area contributed by atoms with Crippen molar-refractivity contribution in [3.63, 3.8) is 0 Å². The highest BCUT2D eigenvalue weighted by atomic mass is 16.5. The maximum atomic E-state index is 11.1. The number of ether oxygens (including phenoxy) is 4. The molecule has 7 nitrogen and oxygen atoms in total. The van der Waals surface area contributed by atoms with Gasteiger partial charge in [0.2, 0.25) is 5.75 Å². The van der Waals surface area contributed by atoms with Crippen molar-refractivity contribution in [1.82, 2.24) is 0 Å². The van der Waals surface area contributed by atoms with Crippen LogP contribution in [0.15, 0.2) is 24.8 Å². The van der Waals surface area contributed by atoms with E-state index in [2.05, 4.69) is 6.58 Å². The highest BCUT2D eigenvalue weighted by Crippen LogP contribution is 2.38. The van der Waals surface area contributed by atoms with Gasteiger partial charge < -0.3 is 24.1 Å². The number of rotatable bonds is 10. The number of esters is 1. The molecule has 0 saturated carbocycles.